The quantitative estimate of drug-likeness (QED) is 0.704. The molecule has 0 saturated carbocycles. The van der Waals surface area contributed by atoms with Crippen molar-refractivity contribution in [3.8, 4) is 0 Å². The molecule has 136 valence electrons. The van der Waals surface area contributed by atoms with Crippen molar-refractivity contribution in [2.45, 2.75) is 31.9 Å². The predicted molar refractivity (Wildman–Crippen MR) is 102 cm³/mol. The number of carbonyl (C=O) groups is 1. The largest absolute Gasteiger partial charge is 0.367 e. The fraction of sp³-hybridized carbons (Fsp3) is 0.364. The van der Waals surface area contributed by atoms with Gasteiger partial charge < -0.3 is 9.64 Å². The molecule has 2 atom stereocenters. The van der Waals surface area contributed by atoms with Gasteiger partial charge in [-0.1, -0.05) is 48.6 Å². The standard InChI is InChI=1S/C22H26N2O2/c1-26-21(20-12-6-3-7-13-20)22(25)24(16-18-9-4-2-5-10-18)17-19-11-8-14-23-15-19/h2-4,6-8,11-15,18,21H,5,9-10,16-17H2,1H3. The van der Waals surface area contributed by atoms with Gasteiger partial charge in [0.2, 0.25) is 0 Å². The molecule has 4 heteroatoms. The first-order valence-electron chi connectivity index (χ1n) is 9.18. The summed E-state index contributed by atoms with van der Waals surface area (Å²) in [6.45, 7) is 1.30. The highest BCUT2D eigenvalue weighted by Crippen LogP contribution is 2.24. The molecule has 1 heterocycles. The van der Waals surface area contributed by atoms with Gasteiger partial charge in [0, 0.05) is 32.6 Å². The summed E-state index contributed by atoms with van der Waals surface area (Å²) in [5.74, 6) is 0.506. The van der Waals surface area contributed by atoms with Crippen molar-refractivity contribution in [2.75, 3.05) is 13.7 Å². The Morgan fingerprint density at radius 2 is 2.08 bits per heavy atom. The third-order valence-electron chi connectivity index (χ3n) is 4.83. The van der Waals surface area contributed by atoms with Crippen molar-refractivity contribution >= 4 is 5.91 Å². The number of nitrogens with zero attached hydrogens (tertiary/aromatic N) is 2. The number of amides is 1. The van der Waals surface area contributed by atoms with E-state index in [4.69, 9.17) is 4.74 Å². The van der Waals surface area contributed by atoms with Gasteiger partial charge in [0.15, 0.2) is 6.10 Å². The first-order chi connectivity index (χ1) is 12.8. The summed E-state index contributed by atoms with van der Waals surface area (Å²) in [6, 6.07) is 13.6. The Bertz CT molecular complexity index is 715. The van der Waals surface area contributed by atoms with E-state index >= 15 is 0 Å². The van der Waals surface area contributed by atoms with Crippen LogP contribution in [0.5, 0.6) is 0 Å². The Hall–Kier alpha value is -2.46. The number of methoxy groups -OCH3 is 1. The molecule has 3 rings (SSSR count). The third kappa shape index (κ3) is 4.79. The van der Waals surface area contributed by atoms with Crippen molar-refractivity contribution in [1.29, 1.82) is 0 Å². The summed E-state index contributed by atoms with van der Waals surface area (Å²) in [7, 11) is 1.60. The van der Waals surface area contributed by atoms with Crippen molar-refractivity contribution in [1.82, 2.24) is 9.88 Å². The molecule has 0 bridgehead atoms. The molecule has 0 fully saturated rings. The normalized spacial score (nSPS) is 17.7. The van der Waals surface area contributed by atoms with Gasteiger partial charge in [0.1, 0.15) is 0 Å². The summed E-state index contributed by atoms with van der Waals surface area (Å²) in [4.78, 5) is 19.4. The molecule has 1 aromatic carbocycles. The molecule has 0 saturated heterocycles. The zero-order chi connectivity index (χ0) is 18.2. The maximum Gasteiger partial charge on any atom is 0.256 e. The average Bonchev–Trinajstić information content (AvgIpc) is 2.70. The van der Waals surface area contributed by atoms with Crippen LogP contribution in [0.3, 0.4) is 0 Å². The molecule has 2 unspecified atom stereocenters. The molecule has 4 nitrogen and oxygen atoms in total. The van der Waals surface area contributed by atoms with Crippen LogP contribution >= 0.6 is 0 Å². The molecule has 0 spiro atoms. The molecule has 2 aromatic rings. The van der Waals surface area contributed by atoms with E-state index in [-0.39, 0.29) is 5.91 Å². The van der Waals surface area contributed by atoms with Gasteiger partial charge in [0.25, 0.3) is 5.91 Å². The SMILES string of the molecule is COC(C(=O)N(Cc1cccnc1)CC1CC=CCC1)c1ccccc1. The van der Waals surface area contributed by atoms with E-state index in [9.17, 15) is 4.79 Å². The smallest absolute Gasteiger partial charge is 0.256 e. The van der Waals surface area contributed by atoms with Gasteiger partial charge in [-0.25, -0.2) is 0 Å². The highest BCUT2D eigenvalue weighted by atomic mass is 16.5. The lowest BCUT2D eigenvalue weighted by atomic mass is 9.93. The van der Waals surface area contributed by atoms with Crippen LogP contribution in [-0.4, -0.2) is 29.4 Å². The molecular weight excluding hydrogens is 324 g/mol. The molecule has 0 N–H and O–H groups in total. The highest BCUT2D eigenvalue weighted by Gasteiger charge is 2.28. The minimum absolute atomic E-state index is 0.0112. The van der Waals surface area contributed by atoms with E-state index in [0.29, 0.717) is 12.5 Å². The van der Waals surface area contributed by atoms with Crippen molar-refractivity contribution < 1.29 is 9.53 Å². The number of pyridine rings is 1. The summed E-state index contributed by atoms with van der Waals surface area (Å²) >= 11 is 0. The second-order valence-electron chi connectivity index (χ2n) is 6.76. The number of carbonyl (C=O) groups excluding carboxylic acids is 1. The lowest BCUT2D eigenvalue weighted by Gasteiger charge is -2.31. The predicted octanol–water partition coefficient (Wildman–Crippen LogP) is 4.15. The number of benzene rings is 1. The van der Waals surface area contributed by atoms with Crippen LogP contribution in [0, 0.1) is 5.92 Å². The molecule has 1 amide bonds. The molecule has 0 radical (unpaired) electrons. The van der Waals surface area contributed by atoms with Gasteiger partial charge in [-0.05, 0) is 42.4 Å². The third-order valence-corrected chi connectivity index (χ3v) is 4.83. The zero-order valence-corrected chi connectivity index (χ0v) is 15.3. The van der Waals surface area contributed by atoms with Crippen LogP contribution in [-0.2, 0) is 16.1 Å². The van der Waals surface area contributed by atoms with E-state index in [1.165, 1.54) is 0 Å². The van der Waals surface area contributed by atoms with Gasteiger partial charge in [-0.2, -0.15) is 0 Å². The van der Waals surface area contributed by atoms with E-state index in [2.05, 4.69) is 17.1 Å². The minimum Gasteiger partial charge on any atom is -0.367 e. The lowest BCUT2D eigenvalue weighted by Crippen LogP contribution is -2.39. The number of hydrogen-bond acceptors (Lipinski definition) is 3. The Kier molecular flexibility index (Phi) is 6.56. The van der Waals surface area contributed by atoms with Crippen LogP contribution in [0.4, 0.5) is 0 Å². The van der Waals surface area contributed by atoms with Gasteiger partial charge in [-0.3, -0.25) is 9.78 Å². The Balaban J connectivity index is 1.80. The van der Waals surface area contributed by atoms with Gasteiger partial charge in [-0.15, -0.1) is 0 Å². The molecule has 1 aliphatic rings. The summed E-state index contributed by atoms with van der Waals surface area (Å²) in [5, 5.41) is 0. The summed E-state index contributed by atoms with van der Waals surface area (Å²) in [5.41, 5.74) is 1.93. The fourth-order valence-corrected chi connectivity index (χ4v) is 3.45. The average molecular weight is 350 g/mol. The first kappa shape index (κ1) is 18.3. The van der Waals surface area contributed by atoms with Gasteiger partial charge in [0.05, 0.1) is 0 Å². The number of allylic oxidation sites excluding steroid dienone is 2. The number of ether oxygens (including phenoxy) is 1. The van der Waals surface area contributed by atoms with E-state index in [1.54, 1.807) is 13.3 Å². The fourth-order valence-electron chi connectivity index (χ4n) is 3.45. The van der Waals surface area contributed by atoms with Crippen molar-refractivity contribution in [2.24, 2.45) is 5.92 Å². The first-order valence-corrected chi connectivity index (χ1v) is 9.18. The van der Waals surface area contributed by atoms with Crippen molar-refractivity contribution in [3.63, 3.8) is 0 Å². The Morgan fingerprint density at radius 1 is 1.23 bits per heavy atom. The monoisotopic (exact) mass is 350 g/mol. The lowest BCUT2D eigenvalue weighted by molar-refractivity contribution is -0.143. The Labute approximate surface area is 155 Å². The minimum atomic E-state index is -0.577. The molecule has 0 aliphatic heterocycles. The van der Waals surface area contributed by atoms with E-state index in [1.807, 2.05) is 53.6 Å². The Morgan fingerprint density at radius 3 is 2.73 bits per heavy atom. The van der Waals surface area contributed by atoms with Crippen LogP contribution < -0.4 is 0 Å². The number of hydrogen-bond donors (Lipinski definition) is 0. The van der Waals surface area contributed by atoms with E-state index < -0.39 is 6.10 Å². The molecule has 26 heavy (non-hydrogen) atoms. The van der Waals surface area contributed by atoms with Crippen LogP contribution in [0.2, 0.25) is 0 Å². The van der Waals surface area contributed by atoms with E-state index in [0.717, 1.165) is 36.9 Å². The van der Waals surface area contributed by atoms with Crippen LogP contribution in [0.1, 0.15) is 36.5 Å². The zero-order valence-electron chi connectivity index (χ0n) is 15.3. The molecular formula is C22H26N2O2. The number of rotatable bonds is 7. The highest BCUT2D eigenvalue weighted by molar-refractivity contribution is 5.82. The second-order valence-corrected chi connectivity index (χ2v) is 6.76. The summed E-state index contributed by atoms with van der Waals surface area (Å²) in [6.07, 6.45) is 10.7. The number of aromatic nitrogens is 1. The maximum atomic E-state index is 13.3. The van der Waals surface area contributed by atoms with Crippen molar-refractivity contribution in [3.05, 3.63) is 78.1 Å². The topological polar surface area (TPSA) is 42.4 Å². The molecule has 1 aromatic heterocycles. The van der Waals surface area contributed by atoms with Crippen LogP contribution in [0.25, 0.3) is 0 Å². The maximum absolute atomic E-state index is 13.3. The van der Waals surface area contributed by atoms with Gasteiger partial charge >= 0.3 is 0 Å². The van der Waals surface area contributed by atoms with Crippen LogP contribution in [0.15, 0.2) is 67.0 Å². The summed E-state index contributed by atoms with van der Waals surface area (Å²) < 4.78 is 5.59. The second kappa shape index (κ2) is 9.30. The molecule has 1 aliphatic carbocycles.